The van der Waals surface area contributed by atoms with Gasteiger partial charge < -0.3 is 14.9 Å². The Kier molecular flexibility index (Phi) is 7.35. The van der Waals surface area contributed by atoms with Crippen molar-refractivity contribution in [1.82, 2.24) is 0 Å². The molecule has 6 rings (SSSR count). The van der Waals surface area contributed by atoms with Gasteiger partial charge in [0.2, 0.25) is 0 Å². The van der Waals surface area contributed by atoms with Crippen molar-refractivity contribution in [3.05, 3.63) is 42.0 Å². The smallest absolute Gasteiger partial charge is 0.181 e. The summed E-state index contributed by atoms with van der Waals surface area (Å²) in [6, 6.07) is 8.87. The Morgan fingerprint density at radius 3 is 2.56 bits per heavy atom. The number of fused-ring (bicyclic) bond motifs is 5. The van der Waals surface area contributed by atoms with Crippen LogP contribution in [0.2, 0.25) is 0 Å². The van der Waals surface area contributed by atoms with Crippen LogP contribution in [0, 0.1) is 34.5 Å². The highest BCUT2D eigenvalue weighted by molar-refractivity contribution is 7.92. The third-order valence-corrected chi connectivity index (χ3v) is 14.4. The van der Waals surface area contributed by atoms with Gasteiger partial charge in [0.1, 0.15) is 0 Å². The van der Waals surface area contributed by atoms with E-state index in [0.717, 1.165) is 44.9 Å². The predicted octanol–water partition coefficient (Wildman–Crippen LogP) is 6.09. The molecule has 6 heteroatoms. The van der Waals surface area contributed by atoms with Gasteiger partial charge in [-0.2, -0.15) is 0 Å². The number of hydrogen-bond acceptors (Lipinski definition) is 5. The van der Waals surface area contributed by atoms with Crippen LogP contribution in [0.5, 0.6) is 0 Å². The van der Waals surface area contributed by atoms with E-state index in [0.29, 0.717) is 48.0 Å². The summed E-state index contributed by atoms with van der Waals surface area (Å²) in [6.07, 6.45) is 13.1. The quantitative estimate of drug-likeness (QED) is 0.414. The third kappa shape index (κ3) is 4.85. The normalized spacial score (nSPS) is 43.1. The minimum atomic E-state index is -3.59. The molecule has 0 spiro atoms. The van der Waals surface area contributed by atoms with Crippen LogP contribution in [0.1, 0.15) is 90.9 Å². The molecule has 8 unspecified atom stereocenters. The van der Waals surface area contributed by atoms with Crippen LogP contribution in [0.3, 0.4) is 0 Å². The fraction of sp³-hybridized carbons (Fsp3) is 0.758. The second kappa shape index (κ2) is 10.3. The molecule has 1 heterocycles. The van der Waals surface area contributed by atoms with Gasteiger partial charge in [-0.1, -0.05) is 43.7 Å². The minimum absolute atomic E-state index is 0.132. The summed E-state index contributed by atoms with van der Waals surface area (Å²) >= 11 is 0. The molecule has 5 nitrogen and oxygen atoms in total. The number of sulfone groups is 1. The van der Waals surface area contributed by atoms with Crippen molar-refractivity contribution in [2.24, 2.45) is 34.5 Å². The summed E-state index contributed by atoms with van der Waals surface area (Å²) in [5.41, 5.74) is 0.766. The lowest BCUT2D eigenvalue weighted by Crippen LogP contribution is -2.51. The fourth-order valence-corrected chi connectivity index (χ4v) is 11.9. The second-order valence-corrected chi connectivity index (χ2v) is 16.5. The fourth-order valence-electron chi connectivity index (χ4n) is 10.00. The molecule has 4 fully saturated rings. The maximum absolute atomic E-state index is 14.1. The summed E-state index contributed by atoms with van der Waals surface area (Å²) in [7, 11) is -3.59. The van der Waals surface area contributed by atoms with E-state index >= 15 is 0 Å². The molecule has 1 aromatic carbocycles. The highest BCUT2D eigenvalue weighted by Crippen LogP contribution is 2.67. The Bertz CT molecular complexity index is 1170. The van der Waals surface area contributed by atoms with Crippen molar-refractivity contribution in [3.63, 3.8) is 0 Å². The summed E-state index contributed by atoms with van der Waals surface area (Å²) in [5, 5.41) is 21.1. The zero-order valence-electron chi connectivity index (χ0n) is 23.9. The van der Waals surface area contributed by atoms with Crippen LogP contribution in [0.4, 0.5) is 0 Å². The minimum Gasteiger partial charge on any atom is -0.393 e. The number of allylic oxidation sites excluding steroid dienone is 1. The molecule has 216 valence electrons. The van der Waals surface area contributed by atoms with E-state index < -0.39 is 20.7 Å². The van der Waals surface area contributed by atoms with Gasteiger partial charge in [-0.3, -0.25) is 0 Å². The van der Waals surface area contributed by atoms with Crippen molar-refractivity contribution in [3.8, 4) is 0 Å². The van der Waals surface area contributed by atoms with E-state index in [-0.39, 0.29) is 30.0 Å². The van der Waals surface area contributed by atoms with Crippen LogP contribution in [-0.2, 0) is 14.6 Å². The van der Waals surface area contributed by atoms with E-state index in [4.69, 9.17) is 4.74 Å². The van der Waals surface area contributed by atoms with Gasteiger partial charge in [0.05, 0.1) is 28.5 Å². The van der Waals surface area contributed by atoms with Gasteiger partial charge in [-0.25, -0.2) is 8.42 Å². The molecule has 4 aliphatic carbocycles. The first-order valence-corrected chi connectivity index (χ1v) is 17.1. The molecule has 9 atom stereocenters. The molecule has 3 saturated carbocycles. The molecule has 0 amide bonds. The topological polar surface area (TPSA) is 83.8 Å². The second-order valence-electron chi connectivity index (χ2n) is 14.3. The number of ether oxygens (including phenoxy) is 1. The molecule has 0 aromatic heterocycles. The zero-order valence-corrected chi connectivity index (χ0v) is 24.7. The average Bonchev–Trinajstić information content (AvgIpc) is 3.25. The van der Waals surface area contributed by atoms with Crippen LogP contribution < -0.4 is 0 Å². The zero-order chi connectivity index (χ0) is 27.5. The van der Waals surface area contributed by atoms with Crippen molar-refractivity contribution in [2.75, 3.05) is 13.2 Å². The molecular formula is C33H48O5S. The standard InChI is InChI=1S/C33H48O5S/c1-31-16-13-25(34)19-23(31)9-11-28-29-12-10-24(32(29,2)17-14-30(28)31)20-27(21-33(35)15-6-18-38-22-33)39(36,37)26-7-4-3-5-8-26/h3-5,7-9,24-25,27-30,34-35H,6,10-22H2,1-2H3/t24-,25?,27?,28?,29?,30?,31?,32?,33?/m1/s1. The van der Waals surface area contributed by atoms with Crippen molar-refractivity contribution < 1.29 is 23.4 Å². The molecule has 1 aliphatic heterocycles. The van der Waals surface area contributed by atoms with Crippen molar-refractivity contribution >= 4 is 9.84 Å². The highest BCUT2D eigenvalue weighted by Gasteiger charge is 2.59. The summed E-state index contributed by atoms with van der Waals surface area (Å²) in [6.45, 7) is 5.79. The van der Waals surface area contributed by atoms with Gasteiger partial charge in [-0.15, -0.1) is 0 Å². The third-order valence-electron chi connectivity index (χ3n) is 12.2. The first-order chi connectivity index (χ1) is 18.6. The van der Waals surface area contributed by atoms with Gasteiger partial charge >= 0.3 is 0 Å². The monoisotopic (exact) mass is 556 g/mol. The average molecular weight is 557 g/mol. The van der Waals surface area contributed by atoms with Gasteiger partial charge in [0.15, 0.2) is 9.84 Å². The SMILES string of the molecule is CC12CCC(O)CC1=CCC1C2CCC2(C)C1CC[C@@H]2CC(CC1(O)CCCOC1)S(=O)(=O)c1ccccc1. The van der Waals surface area contributed by atoms with Crippen LogP contribution in [0.25, 0.3) is 0 Å². The van der Waals surface area contributed by atoms with Crippen LogP contribution in [-0.4, -0.2) is 48.8 Å². The Labute approximate surface area is 235 Å². The number of rotatable bonds is 6. The van der Waals surface area contributed by atoms with Gasteiger partial charge in [0.25, 0.3) is 0 Å². The lowest BCUT2D eigenvalue weighted by molar-refractivity contribution is -0.0917. The van der Waals surface area contributed by atoms with Crippen LogP contribution >= 0.6 is 0 Å². The number of aliphatic hydroxyl groups is 2. The molecule has 5 aliphatic rings. The van der Waals surface area contributed by atoms with Crippen molar-refractivity contribution in [2.45, 2.75) is 113 Å². The molecule has 0 radical (unpaired) electrons. The van der Waals surface area contributed by atoms with Crippen molar-refractivity contribution in [1.29, 1.82) is 0 Å². The highest BCUT2D eigenvalue weighted by atomic mass is 32.2. The number of benzene rings is 1. The maximum atomic E-state index is 14.1. The summed E-state index contributed by atoms with van der Waals surface area (Å²) in [5.74, 6) is 2.28. The Hall–Kier alpha value is -1.21. The molecule has 0 bridgehead atoms. The van der Waals surface area contributed by atoms with E-state index in [2.05, 4.69) is 19.9 Å². The van der Waals surface area contributed by atoms with E-state index in [1.807, 2.05) is 6.07 Å². The Balaban J connectivity index is 1.26. The molecule has 39 heavy (non-hydrogen) atoms. The Morgan fingerprint density at radius 2 is 1.82 bits per heavy atom. The van der Waals surface area contributed by atoms with Gasteiger partial charge in [0, 0.05) is 6.61 Å². The Morgan fingerprint density at radius 1 is 1.03 bits per heavy atom. The molecule has 2 N–H and O–H groups in total. The first kappa shape index (κ1) is 27.9. The van der Waals surface area contributed by atoms with Crippen LogP contribution in [0.15, 0.2) is 46.9 Å². The predicted molar refractivity (Wildman–Crippen MR) is 153 cm³/mol. The molecule has 1 saturated heterocycles. The maximum Gasteiger partial charge on any atom is 0.181 e. The van der Waals surface area contributed by atoms with E-state index in [9.17, 15) is 18.6 Å². The summed E-state index contributed by atoms with van der Waals surface area (Å²) < 4.78 is 33.8. The number of aliphatic hydroxyl groups excluding tert-OH is 1. The lowest BCUT2D eigenvalue weighted by Gasteiger charge is -2.58. The first-order valence-electron chi connectivity index (χ1n) is 15.5. The molecule has 1 aromatic rings. The lowest BCUT2D eigenvalue weighted by atomic mass is 9.47. The van der Waals surface area contributed by atoms with E-state index in [1.165, 1.54) is 18.4 Å². The molecular weight excluding hydrogens is 508 g/mol. The number of hydrogen-bond donors (Lipinski definition) is 2. The largest absolute Gasteiger partial charge is 0.393 e. The van der Waals surface area contributed by atoms with Gasteiger partial charge in [-0.05, 0) is 124 Å². The van der Waals surface area contributed by atoms with E-state index in [1.54, 1.807) is 24.3 Å². The summed E-state index contributed by atoms with van der Waals surface area (Å²) in [4.78, 5) is 0.371.